The predicted octanol–water partition coefficient (Wildman–Crippen LogP) is 3.01. The second-order valence-electron chi connectivity index (χ2n) is 4.77. The molecule has 0 fully saturated rings. The molecule has 0 unspecified atom stereocenters. The molecule has 3 N–H and O–H groups in total. The first-order chi connectivity index (χ1) is 10.7. The quantitative estimate of drug-likeness (QED) is 0.430. The molecule has 0 radical (unpaired) electrons. The van der Waals surface area contributed by atoms with Crippen molar-refractivity contribution in [2.75, 3.05) is 13.6 Å². The molecule has 2 aromatic rings. The summed E-state index contributed by atoms with van der Waals surface area (Å²) in [5.41, 5.74) is 2.11. The van der Waals surface area contributed by atoms with Crippen LogP contribution in [0.5, 0.6) is 0 Å². The van der Waals surface area contributed by atoms with Gasteiger partial charge in [0.05, 0.1) is 12.2 Å². The van der Waals surface area contributed by atoms with E-state index in [-0.39, 0.29) is 0 Å². The van der Waals surface area contributed by atoms with Gasteiger partial charge < -0.3 is 10.6 Å². The van der Waals surface area contributed by atoms with Crippen LogP contribution in [0.1, 0.15) is 17.7 Å². The predicted molar refractivity (Wildman–Crippen MR) is 91.6 cm³/mol. The van der Waals surface area contributed by atoms with Crippen LogP contribution >= 0.6 is 23.2 Å². The molecule has 0 aliphatic carbocycles. The summed E-state index contributed by atoms with van der Waals surface area (Å²) in [5.74, 6) is 0.761. The molecule has 0 saturated heterocycles. The molecule has 0 atom stereocenters. The summed E-state index contributed by atoms with van der Waals surface area (Å²) in [4.78, 5) is 4.18. The zero-order valence-corrected chi connectivity index (χ0v) is 13.9. The van der Waals surface area contributed by atoms with E-state index in [9.17, 15) is 0 Å². The molecule has 1 aromatic heterocycles. The molecule has 0 aliphatic heterocycles. The minimum atomic E-state index is 0.655. The maximum absolute atomic E-state index is 6.15. The highest BCUT2D eigenvalue weighted by atomic mass is 35.5. The zero-order chi connectivity index (χ0) is 15.8. The van der Waals surface area contributed by atoms with E-state index in [1.807, 2.05) is 18.2 Å². The van der Waals surface area contributed by atoms with Gasteiger partial charge in [-0.15, -0.1) is 0 Å². The monoisotopic (exact) mass is 339 g/mol. The summed E-state index contributed by atoms with van der Waals surface area (Å²) < 4.78 is 0. The van der Waals surface area contributed by atoms with Crippen LogP contribution in [-0.4, -0.2) is 29.7 Å². The Morgan fingerprint density at radius 2 is 2.14 bits per heavy atom. The minimum absolute atomic E-state index is 0.655. The number of nitrogens with zero attached hydrogens (tertiary/aromatic N) is 2. The van der Waals surface area contributed by atoms with Crippen molar-refractivity contribution in [3.05, 3.63) is 51.8 Å². The van der Waals surface area contributed by atoms with Gasteiger partial charge in [-0.25, -0.2) is 0 Å². The van der Waals surface area contributed by atoms with Gasteiger partial charge in [-0.3, -0.25) is 10.1 Å². The smallest absolute Gasteiger partial charge is 0.191 e. The van der Waals surface area contributed by atoms with Crippen molar-refractivity contribution in [1.29, 1.82) is 0 Å². The first-order valence-electron chi connectivity index (χ1n) is 7.05. The van der Waals surface area contributed by atoms with Gasteiger partial charge in [0.25, 0.3) is 0 Å². The van der Waals surface area contributed by atoms with Gasteiger partial charge in [-0.05, 0) is 36.6 Å². The maximum atomic E-state index is 6.15. The van der Waals surface area contributed by atoms with E-state index in [2.05, 4.69) is 25.8 Å². The average molecular weight is 340 g/mol. The zero-order valence-electron chi connectivity index (χ0n) is 12.4. The number of nitrogens with one attached hydrogen (secondary N) is 3. The molecule has 2 rings (SSSR count). The fourth-order valence-electron chi connectivity index (χ4n) is 1.99. The van der Waals surface area contributed by atoms with Crippen molar-refractivity contribution in [1.82, 2.24) is 20.8 Å². The maximum Gasteiger partial charge on any atom is 0.191 e. The third kappa shape index (κ3) is 5.24. The number of aromatic amines is 1. The summed E-state index contributed by atoms with van der Waals surface area (Å²) in [6.45, 7) is 1.46. The van der Waals surface area contributed by atoms with Gasteiger partial charge in [0, 0.05) is 29.8 Å². The molecule has 5 nitrogen and oxygen atoms in total. The number of hydrogen-bond acceptors (Lipinski definition) is 2. The van der Waals surface area contributed by atoms with E-state index in [4.69, 9.17) is 23.2 Å². The van der Waals surface area contributed by atoms with Gasteiger partial charge in [0.15, 0.2) is 5.96 Å². The van der Waals surface area contributed by atoms with Crippen LogP contribution in [0, 0.1) is 0 Å². The summed E-state index contributed by atoms with van der Waals surface area (Å²) in [7, 11) is 1.75. The van der Waals surface area contributed by atoms with Crippen molar-refractivity contribution in [2.45, 2.75) is 19.4 Å². The Morgan fingerprint density at radius 3 is 2.82 bits per heavy atom. The highest BCUT2D eigenvalue weighted by molar-refractivity contribution is 6.35. The molecule has 0 bridgehead atoms. The van der Waals surface area contributed by atoms with Crippen LogP contribution in [0.25, 0.3) is 0 Å². The number of aromatic nitrogens is 2. The van der Waals surface area contributed by atoms with E-state index in [0.29, 0.717) is 16.6 Å². The van der Waals surface area contributed by atoms with Crippen molar-refractivity contribution < 1.29 is 0 Å². The van der Waals surface area contributed by atoms with Gasteiger partial charge in [0.2, 0.25) is 0 Å². The number of benzene rings is 1. The molecule has 0 amide bonds. The Morgan fingerprint density at radius 1 is 1.27 bits per heavy atom. The lowest BCUT2D eigenvalue weighted by Crippen LogP contribution is -2.37. The third-order valence-electron chi connectivity index (χ3n) is 3.16. The van der Waals surface area contributed by atoms with Crippen LogP contribution in [0.3, 0.4) is 0 Å². The molecular weight excluding hydrogens is 321 g/mol. The van der Waals surface area contributed by atoms with E-state index in [1.54, 1.807) is 19.3 Å². The lowest BCUT2D eigenvalue weighted by molar-refractivity contribution is 0.737. The summed E-state index contributed by atoms with van der Waals surface area (Å²) in [6, 6.07) is 7.52. The second kappa shape index (κ2) is 8.66. The summed E-state index contributed by atoms with van der Waals surface area (Å²) >= 11 is 12.0. The number of aliphatic imine (C=N–C) groups is 1. The minimum Gasteiger partial charge on any atom is -0.356 e. The van der Waals surface area contributed by atoms with E-state index in [0.717, 1.165) is 36.6 Å². The van der Waals surface area contributed by atoms with E-state index in [1.165, 1.54) is 0 Å². The number of halogens is 2. The van der Waals surface area contributed by atoms with Crippen LogP contribution in [0.2, 0.25) is 10.0 Å². The highest BCUT2D eigenvalue weighted by Crippen LogP contribution is 2.21. The summed E-state index contributed by atoms with van der Waals surface area (Å²) in [5, 5.41) is 14.7. The van der Waals surface area contributed by atoms with Crippen molar-refractivity contribution in [3.63, 3.8) is 0 Å². The standard InChI is InChI=1S/C15H19Cl2N5/c1-18-15(20-10-13-6-8-21-22-13)19-7-2-3-11-4-5-12(16)9-14(11)17/h4-6,8-9H,2-3,7,10H2,1H3,(H,21,22)(H2,18,19,20). The van der Waals surface area contributed by atoms with Crippen LogP contribution in [0.4, 0.5) is 0 Å². The lowest BCUT2D eigenvalue weighted by atomic mass is 10.1. The molecule has 7 heteroatoms. The largest absolute Gasteiger partial charge is 0.356 e. The SMILES string of the molecule is CN=C(NCCCc1ccc(Cl)cc1Cl)NCc1ccn[nH]1. The molecule has 0 spiro atoms. The molecule has 118 valence electrons. The highest BCUT2D eigenvalue weighted by Gasteiger charge is 2.02. The Balaban J connectivity index is 1.70. The van der Waals surface area contributed by atoms with Gasteiger partial charge in [-0.2, -0.15) is 5.10 Å². The Bertz CT molecular complexity index is 610. The third-order valence-corrected chi connectivity index (χ3v) is 3.75. The fraction of sp³-hybridized carbons (Fsp3) is 0.333. The van der Waals surface area contributed by atoms with E-state index >= 15 is 0 Å². The van der Waals surface area contributed by atoms with Gasteiger partial charge >= 0.3 is 0 Å². The molecule has 1 aromatic carbocycles. The molecule has 0 saturated carbocycles. The van der Waals surface area contributed by atoms with Crippen molar-refractivity contribution in [2.24, 2.45) is 4.99 Å². The van der Waals surface area contributed by atoms with Gasteiger partial charge in [0.1, 0.15) is 0 Å². The lowest BCUT2D eigenvalue weighted by Gasteiger charge is -2.11. The summed E-state index contributed by atoms with van der Waals surface area (Å²) in [6.07, 6.45) is 3.57. The van der Waals surface area contributed by atoms with Gasteiger partial charge in [-0.1, -0.05) is 29.3 Å². The van der Waals surface area contributed by atoms with Crippen LogP contribution < -0.4 is 10.6 Å². The second-order valence-corrected chi connectivity index (χ2v) is 5.62. The normalized spacial score (nSPS) is 11.5. The van der Waals surface area contributed by atoms with Crippen LogP contribution in [0.15, 0.2) is 35.5 Å². The Hall–Kier alpha value is -1.72. The van der Waals surface area contributed by atoms with Crippen molar-refractivity contribution in [3.8, 4) is 0 Å². The molecular formula is C15H19Cl2N5. The Labute approximate surface area is 140 Å². The van der Waals surface area contributed by atoms with Crippen LogP contribution in [-0.2, 0) is 13.0 Å². The number of aryl methyl sites for hydroxylation is 1. The molecule has 0 aliphatic rings. The Kier molecular flexibility index (Phi) is 6.55. The number of rotatable bonds is 6. The fourth-order valence-corrected chi connectivity index (χ4v) is 2.50. The number of guanidine groups is 1. The van der Waals surface area contributed by atoms with E-state index < -0.39 is 0 Å². The first kappa shape index (κ1) is 16.6. The van der Waals surface area contributed by atoms with Crippen molar-refractivity contribution >= 4 is 29.2 Å². The number of H-pyrrole nitrogens is 1. The molecule has 22 heavy (non-hydrogen) atoms. The molecule has 1 heterocycles. The average Bonchev–Trinajstić information content (AvgIpc) is 3.01. The number of hydrogen-bond donors (Lipinski definition) is 3. The topological polar surface area (TPSA) is 65.1 Å². The first-order valence-corrected chi connectivity index (χ1v) is 7.81.